The molecular weight excluding hydrogens is 543 g/mol. The number of hydrogen-bond donors (Lipinski definition) is 1. The van der Waals surface area contributed by atoms with E-state index >= 15 is 0 Å². The van der Waals surface area contributed by atoms with Gasteiger partial charge in [0.25, 0.3) is 11.8 Å². The Hall–Kier alpha value is -5.41. The molecule has 0 bridgehead atoms. The van der Waals surface area contributed by atoms with Gasteiger partial charge in [0.1, 0.15) is 28.5 Å². The zero-order valence-corrected chi connectivity index (χ0v) is 22.0. The van der Waals surface area contributed by atoms with Crippen LogP contribution >= 0.6 is 12.2 Å². The second-order valence-corrected chi connectivity index (χ2v) is 9.50. The molecule has 1 aliphatic rings. The molecule has 2 amide bonds. The highest BCUT2D eigenvalue weighted by Crippen LogP contribution is 2.28. The van der Waals surface area contributed by atoms with Crippen molar-refractivity contribution in [2.75, 3.05) is 4.90 Å². The van der Waals surface area contributed by atoms with E-state index in [0.717, 1.165) is 0 Å². The largest absolute Gasteiger partial charge is 0.457 e. The van der Waals surface area contributed by atoms with Crippen LogP contribution < -0.4 is 15.0 Å². The molecule has 0 radical (unpaired) electrons. The number of nitrogens with one attached hydrogen (secondary N) is 1. The third-order valence-electron chi connectivity index (χ3n) is 6.36. The van der Waals surface area contributed by atoms with Crippen LogP contribution in [0, 0.1) is 5.82 Å². The van der Waals surface area contributed by atoms with Crippen LogP contribution in [0.3, 0.4) is 0 Å². The Balaban J connectivity index is 1.25. The van der Waals surface area contributed by atoms with Crippen molar-refractivity contribution in [1.82, 2.24) is 5.32 Å². The van der Waals surface area contributed by atoms with Crippen LogP contribution in [0.25, 0.3) is 17.0 Å². The second kappa shape index (κ2) is 10.6. The Kier molecular flexibility index (Phi) is 6.70. The zero-order valence-electron chi connectivity index (χ0n) is 21.2. The van der Waals surface area contributed by atoms with Crippen LogP contribution in [0.15, 0.2) is 113 Å². The van der Waals surface area contributed by atoms with Gasteiger partial charge < -0.3 is 9.15 Å². The van der Waals surface area contributed by atoms with E-state index in [-0.39, 0.29) is 22.0 Å². The number of anilines is 1. The maximum atomic E-state index is 13.5. The Labute approximate surface area is 238 Å². The number of rotatable bonds is 6. The number of carbonyl (C=O) groups excluding carboxylic acids is 3. The van der Waals surface area contributed by atoms with Gasteiger partial charge in [-0.25, -0.2) is 4.39 Å². The minimum atomic E-state index is -0.625. The molecule has 2 heterocycles. The van der Waals surface area contributed by atoms with E-state index in [9.17, 15) is 18.8 Å². The third-order valence-corrected chi connectivity index (χ3v) is 6.64. The first-order valence-corrected chi connectivity index (χ1v) is 12.8. The SMILES string of the molecule is O=C1NC(=S)N(c2ccc(Oc3ccccc3)cc2)C(=O)C1=Cc1ccc2oc(C(=O)c3ccc(F)cc3)cc2c1. The summed E-state index contributed by atoms with van der Waals surface area (Å²) in [7, 11) is 0. The highest BCUT2D eigenvalue weighted by molar-refractivity contribution is 7.80. The number of fused-ring (bicyclic) bond motifs is 1. The fraction of sp³-hybridized carbons (Fsp3) is 0. The van der Waals surface area contributed by atoms with Crippen LogP contribution in [0.2, 0.25) is 0 Å². The number of para-hydroxylation sites is 1. The number of benzene rings is 4. The number of ether oxygens (including phenoxy) is 1. The lowest BCUT2D eigenvalue weighted by atomic mass is 10.0. The van der Waals surface area contributed by atoms with Gasteiger partial charge in [0, 0.05) is 10.9 Å². The number of thiocarbonyl (C=S) groups is 1. The van der Waals surface area contributed by atoms with Gasteiger partial charge in [0.05, 0.1) is 5.69 Å². The Morgan fingerprint density at radius 3 is 2.32 bits per heavy atom. The lowest BCUT2D eigenvalue weighted by Gasteiger charge is -2.29. The van der Waals surface area contributed by atoms with E-state index in [1.165, 1.54) is 35.2 Å². The number of halogens is 1. The van der Waals surface area contributed by atoms with Gasteiger partial charge in [-0.05, 0) is 103 Å². The highest BCUT2D eigenvalue weighted by atomic mass is 32.1. The van der Waals surface area contributed by atoms with Gasteiger partial charge in [-0.2, -0.15) is 0 Å². The van der Waals surface area contributed by atoms with Crippen molar-refractivity contribution >= 4 is 57.7 Å². The number of hydrogen-bond acceptors (Lipinski definition) is 6. The van der Waals surface area contributed by atoms with Crippen LogP contribution in [-0.2, 0) is 9.59 Å². The molecule has 41 heavy (non-hydrogen) atoms. The molecule has 7 nitrogen and oxygen atoms in total. The molecule has 200 valence electrons. The molecule has 0 aliphatic carbocycles. The number of carbonyl (C=O) groups is 3. The molecule has 0 unspecified atom stereocenters. The summed E-state index contributed by atoms with van der Waals surface area (Å²) in [5.41, 5.74) is 1.61. The van der Waals surface area contributed by atoms with E-state index in [1.54, 1.807) is 48.5 Å². The molecule has 6 rings (SSSR count). The summed E-state index contributed by atoms with van der Waals surface area (Å²) in [5.74, 6) is -0.732. The lowest BCUT2D eigenvalue weighted by molar-refractivity contribution is -0.122. The third kappa shape index (κ3) is 5.26. The first-order chi connectivity index (χ1) is 19.9. The smallest absolute Gasteiger partial charge is 0.270 e. The van der Waals surface area contributed by atoms with Gasteiger partial charge in [-0.1, -0.05) is 24.3 Å². The van der Waals surface area contributed by atoms with Gasteiger partial charge in [0.2, 0.25) is 5.78 Å². The fourth-order valence-electron chi connectivity index (χ4n) is 4.35. The summed E-state index contributed by atoms with van der Waals surface area (Å²) in [5, 5.41) is 3.12. The molecule has 1 aliphatic heterocycles. The van der Waals surface area contributed by atoms with Crippen molar-refractivity contribution in [3.63, 3.8) is 0 Å². The van der Waals surface area contributed by atoms with Crippen molar-refractivity contribution in [2.24, 2.45) is 0 Å². The number of amides is 2. The van der Waals surface area contributed by atoms with Gasteiger partial charge in [0.15, 0.2) is 10.9 Å². The summed E-state index contributed by atoms with van der Waals surface area (Å²) in [6.07, 6.45) is 1.45. The van der Waals surface area contributed by atoms with E-state index in [1.807, 2.05) is 30.3 Å². The average Bonchev–Trinajstić information content (AvgIpc) is 3.40. The Morgan fingerprint density at radius 2 is 1.59 bits per heavy atom. The van der Waals surface area contributed by atoms with Crippen molar-refractivity contribution < 1.29 is 27.9 Å². The summed E-state index contributed by atoms with van der Waals surface area (Å²) in [6.45, 7) is 0. The van der Waals surface area contributed by atoms with E-state index in [2.05, 4.69) is 5.32 Å². The maximum Gasteiger partial charge on any atom is 0.270 e. The molecular formula is C32H19FN2O5S. The second-order valence-electron chi connectivity index (χ2n) is 9.11. The normalized spacial score (nSPS) is 14.4. The molecule has 9 heteroatoms. The average molecular weight is 563 g/mol. The molecule has 1 N–H and O–H groups in total. The zero-order chi connectivity index (χ0) is 28.5. The standard InChI is InChI=1S/C32H19FN2O5S/c33-22-9-7-20(8-10-22)29(36)28-18-21-16-19(6-15-27(21)40-28)17-26-30(37)34-32(41)35(31(26)38)23-11-13-25(14-12-23)39-24-4-2-1-3-5-24/h1-18H,(H,34,37,41). The van der Waals surface area contributed by atoms with E-state index in [4.69, 9.17) is 21.4 Å². The monoisotopic (exact) mass is 562 g/mol. The number of nitrogens with zero attached hydrogens (tertiary/aromatic N) is 1. The summed E-state index contributed by atoms with van der Waals surface area (Å²) in [4.78, 5) is 40.2. The predicted octanol–water partition coefficient (Wildman–Crippen LogP) is 6.43. The first-order valence-electron chi connectivity index (χ1n) is 12.4. The maximum absolute atomic E-state index is 13.5. The molecule has 1 aromatic heterocycles. The van der Waals surface area contributed by atoms with Crippen molar-refractivity contribution in [2.45, 2.75) is 0 Å². The fourth-order valence-corrected chi connectivity index (χ4v) is 4.63. The molecule has 0 spiro atoms. The minimum Gasteiger partial charge on any atom is -0.457 e. The number of furan rings is 1. The van der Waals surface area contributed by atoms with Crippen LogP contribution in [0.1, 0.15) is 21.7 Å². The Bertz CT molecular complexity index is 1860. The quantitative estimate of drug-likeness (QED) is 0.111. The molecule has 0 atom stereocenters. The van der Waals surface area contributed by atoms with Gasteiger partial charge in [-0.15, -0.1) is 0 Å². The molecule has 5 aromatic rings. The van der Waals surface area contributed by atoms with Gasteiger partial charge in [-0.3, -0.25) is 24.6 Å². The van der Waals surface area contributed by atoms with E-state index in [0.29, 0.717) is 33.7 Å². The lowest BCUT2D eigenvalue weighted by Crippen LogP contribution is -2.54. The molecule has 1 saturated heterocycles. The van der Waals surface area contributed by atoms with Crippen molar-refractivity contribution in [3.05, 3.63) is 131 Å². The Morgan fingerprint density at radius 1 is 0.878 bits per heavy atom. The molecule has 4 aromatic carbocycles. The van der Waals surface area contributed by atoms with Crippen LogP contribution in [-0.4, -0.2) is 22.7 Å². The molecule has 0 saturated carbocycles. The van der Waals surface area contributed by atoms with Crippen molar-refractivity contribution in [3.8, 4) is 11.5 Å². The van der Waals surface area contributed by atoms with Gasteiger partial charge >= 0.3 is 0 Å². The van der Waals surface area contributed by atoms with Crippen LogP contribution in [0.4, 0.5) is 10.1 Å². The summed E-state index contributed by atoms with van der Waals surface area (Å²) < 4.78 is 24.7. The highest BCUT2D eigenvalue weighted by Gasteiger charge is 2.34. The predicted molar refractivity (Wildman–Crippen MR) is 155 cm³/mol. The number of ketones is 1. The van der Waals surface area contributed by atoms with E-state index < -0.39 is 23.4 Å². The van der Waals surface area contributed by atoms with Crippen molar-refractivity contribution in [1.29, 1.82) is 0 Å². The first kappa shape index (κ1) is 25.8. The minimum absolute atomic E-state index is 0.0388. The topological polar surface area (TPSA) is 88.8 Å². The van der Waals surface area contributed by atoms with Crippen LogP contribution in [0.5, 0.6) is 11.5 Å². The summed E-state index contributed by atoms with van der Waals surface area (Å²) in [6, 6.07) is 27.8. The summed E-state index contributed by atoms with van der Waals surface area (Å²) >= 11 is 5.31. The molecule has 1 fully saturated rings.